The zero-order chi connectivity index (χ0) is 45.5. The van der Waals surface area contributed by atoms with Crippen LogP contribution in [0.25, 0.3) is 121 Å². The molecule has 12 aromatic carbocycles. The molecule has 0 atom stereocenters. The molecule has 0 aliphatic heterocycles. The highest BCUT2D eigenvalue weighted by molar-refractivity contribution is 6.19. The largest absolute Gasteiger partial charge is 0.0619 e. The summed E-state index contributed by atoms with van der Waals surface area (Å²) in [5.74, 6) is 0. The first-order valence-electron chi connectivity index (χ1n) is 24.1. The van der Waals surface area contributed by atoms with Gasteiger partial charge in [0.15, 0.2) is 0 Å². The second kappa shape index (κ2) is 14.2. The third-order valence-corrected chi connectivity index (χ3v) is 16.0. The second-order valence-corrected chi connectivity index (χ2v) is 20.4. The zero-order valence-corrected chi connectivity index (χ0v) is 38.8. The fraction of sp³-hybridized carbons (Fsp3) is 0.0882. The van der Waals surface area contributed by atoms with Crippen molar-refractivity contribution < 1.29 is 0 Å². The minimum absolute atomic E-state index is 0.0272. The summed E-state index contributed by atoms with van der Waals surface area (Å²) in [5, 5.41) is 12.8. The summed E-state index contributed by atoms with van der Waals surface area (Å²) in [7, 11) is 0. The van der Waals surface area contributed by atoms with Gasteiger partial charge in [0.05, 0.1) is 0 Å². The van der Waals surface area contributed by atoms with E-state index in [1.807, 2.05) is 0 Å². The molecule has 0 saturated heterocycles. The van der Waals surface area contributed by atoms with Crippen molar-refractivity contribution in [2.24, 2.45) is 0 Å². The molecule has 2 aliphatic carbocycles. The lowest BCUT2D eigenvalue weighted by Crippen LogP contribution is -2.15. The molecular weight excluding hydrogens is 817 g/mol. The monoisotopic (exact) mass is 864 g/mol. The van der Waals surface area contributed by atoms with Gasteiger partial charge in [-0.25, -0.2) is 0 Å². The smallest absolute Gasteiger partial charge is 0.0159 e. The van der Waals surface area contributed by atoms with Crippen LogP contribution < -0.4 is 0 Å². The molecule has 0 N–H and O–H groups in total. The van der Waals surface area contributed by atoms with Gasteiger partial charge < -0.3 is 0 Å². The number of hydrogen-bond donors (Lipinski definition) is 0. The Bertz CT molecular complexity index is 4140. The predicted octanol–water partition coefficient (Wildman–Crippen LogP) is 18.7. The zero-order valence-electron chi connectivity index (χ0n) is 38.8. The summed E-state index contributed by atoms with van der Waals surface area (Å²) in [6, 6.07) is 82.6. The van der Waals surface area contributed by atoms with Crippen LogP contribution in [0.2, 0.25) is 0 Å². The SMILES string of the molecule is CC1(C)c2ccccc2-c2ccc(-c3ccc4c(c3)C(C)(C)c3cc(-c5ccc6ccc7c8cc(-c9cccc(-c%10cc%11ccccc%11c%11ccccc%10%11)c9)ccc8ccc7c6c5)ccc3-4)cc21. The van der Waals surface area contributed by atoms with E-state index in [1.165, 1.54) is 143 Å². The van der Waals surface area contributed by atoms with E-state index < -0.39 is 0 Å². The van der Waals surface area contributed by atoms with E-state index in [9.17, 15) is 0 Å². The molecule has 0 heteroatoms. The van der Waals surface area contributed by atoms with Crippen molar-refractivity contribution in [3.8, 4) is 66.8 Å². The second-order valence-electron chi connectivity index (χ2n) is 20.4. The molecule has 2 aliphatic rings. The van der Waals surface area contributed by atoms with Gasteiger partial charge in [-0.05, 0) is 185 Å². The van der Waals surface area contributed by atoms with Gasteiger partial charge >= 0.3 is 0 Å². The highest BCUT2D eigenvalue weighted by Gasteiger charge is 2.37. The lowest BCUT2D eigenvalue weighted by Gasteiger charge is -2.23. The van der Waals surface area contributed by atoms with Crippen molar-refractivity contribution in [3.63, 3.8) is 0 Å². The topological polar surface area (TPSA) is 0 Å². The highest BCUT2D eigenvalue weighted by Crippen LogP contribution is 2.53. The minimum Gasteiger partial charge on any atom is -0.0619 e. The van der Waals surface area contributed by atoms with Gasteiger partial charge in [0.1, 0.15) is 0 Å². The van der Waals surface area contributed by atoms with Crippen LogP contribution in [-0.2, 0) is 10.8 Å². The summed E-state index contributed by atoms with van der Waals surface area (Å²) in [5.41, 5.74) is 20.9. The number of hydrogen-bond acceptors (Lipinski definition) is 0. The normalized spacial score (nSPS) is 14.1. The molecular formula is C68H48. The Morgan fingerprint density at radius 3 is 1.22 bits per heavy atom. The molecule has 0 aromatic heterocycles. The van der Waals surface area contributed by atoms with Gasteiger partial charge in [-0.3, -0.25) is 0 Å². The number of benzene rings is 12. The summed E-state index contributed by atoms with van der Waals surface area (Å²) < 4.78 is 0. The van der Waals surface area contributed by atoms with Crippen LogP contribution in [0.15, 0.2) is 218 Å². The molecule has 0 nitrogen and oxygen atoms in total. The quantitative estimate of drug-likeness (QED) is 0.155. The van der Waals surface area contributed by atoms with Crippen LogP contribution in [0.5, 0.6) is 0 Å². The van der Waals surface area contributed by atoms with E-state index >= 15 is 0 Å². The summed E-state index contributed by atoms with van der Waals surface area (Å²) in [4.78, 5) is 0. The number of rotatable bonds is 4. The van der Waals surface area contributed by atoms with Crippen molar-refractivity contribution in [2.75, 3.05) is 0 Å². The lowest BCUT2D eigenvalue weighted by atomic mass is 9.80. The van der Waals surface area contributed by atoms with Crippen LogP contribution >= 0.6 is 0 Å². The maximum atomic E-state index is 2.47. The van der Waals surface area contributed by atoms with Crippen LogP contribution in [0.1, 0.15) is 49.9 Å². The van der Waals surface area contributed by atoms with Gasteiger partial charge in [-0.15, -0.1) is 0 Å². The Kier molecular flexibility index (Phi) is 8.19. The molecule has 12 aromatic rings. The van der Waals surface area contributed by atoms with Crippen LogP contribution in [0, 0.1) is 0 Å². The van der Waals surface area contributed by atoms with Crippen molar-refractivity contribution in [3.05, 3.63) is 241 Å². The van der Waals surface area contributed by atoms with Crippen LogP contribution in [-0.4, -0.2) is 0 Å². The Labute approximate surface area is 397 Å². The minimum atomic E-state index is -0.147. The Hall–Kier alpha value is -8.06. The van der Waals surface area contributed by atoms with E-state index in [0.717, 1.165) is 0 Å². The van der Waals surface area contributed by atoms with Gasteiger partial charge in [0.25, 0.3) is 0 Å². The molecule has 68 heavy (non-hydrogen) atoms. The van der Waals surface area contributed by atoms with E-state index in [4.69, 9.17) is 0 Å². The molecule has 0 amide bonds. The molecule has 0 fully saturated rings. The Morgan fingerprint density at radius 1 is 0.206 bits per heavy atom. The molecule has 0 radical (unpaired) electrons. The van der Waals surface area contributed by atoms with Crippen molar-refractivity contribution >= 4 is 53.9 Å². The fourth-order valence-corrected chi connectivity index (χ4v) is 12.4. The first kappa shape index (κ1) is 39.1. The predicted molar refractivity (Wildman–Crippen MR) is 291 cm³/mol. The Morgan fingerprint density at radius 2 is 0.618 bits per heavy atom. The first-order valence-corrected chi connectivity index (χ1v) is 24.1. The average Bonchev–Trinajstić information content (AvgIpc) is 3.76. The molecule has 320 valence electrons. The van der Waals surface area contributed by atoms with Gasteiger partial charge in [-0.2, -0.15) is 0 Å². The summed E-state index contributed by atoms with van der Waals surface area (Å²) in [6.07, 6.45) is 0. The molecule has 0 bridgehead atoms. The molecule has 0 unspecified atom stereocenters. The Balaban J connectivity index is 0.815. The summed E-state index contributed by atoms with van der Waals surface area (Å²) >= 11 is 0. The average molecular weight is 865 g/mol. The molecule has 0 saturated carbocycles. The van der Waals surface area contributed by atoms with Gasteiger partial charge in [-0.1, -0.05) is 204 Å². The molecule has 0 spiro atoms. The van der Waals surface area contributed by atoms with Gasteiger partial charge in [0.2, 0.25) is 0 Å². The standard InChI is InChI=1S/C68H48/c1-67(2)63-19-10-9-18-56(63)57-31-27-47(39-64(57)67)48-28-33-59-58-32-26-46(38-65(58)68(3,4)66(59)40-48)45-23-21-42-25-29-54-55(61(42)36-45)30-24-41-20-22-44(35-60(41)54)43-13-11-14-49(34-43)62-37-50-12-5-6-15-51(50)52-16-7-8-17-53(52)62/h5-40H,1-4H3. The highest BCUT2D eigenvalue weighted by atomic mass is 14.4. The maximum Gasteiger partial charge on any atom is 0.0159 e. The maximum absolute atomic E-state index is 2.47. The molecule has 0 heterocycles. The van der Waals surface area contributed by atoms with E-state index in [-0.39, 0.29) is 10.8 Å². The molecule has 14 rings (SSSR count). The lowest BCUT2D eigenvalue weighted by molar-refractivity contribution is 0.659. The van der Waals surface area contributed by atoms with Gasteiger partial charge in [0, 0.05) is 10.8 Å². The van der Waals surface area contributed by atoms with E-state index in [1.54, 1.807) is 0 Å². The third-order valence-electron chi connectivity index (χ3n) is 16.0. The van der Waals surface area contributed by atoms with Crippen molar-refractivity contribution in [1.82, 2.24) is 0 Å². The van der Waals surface area contributed by atoms with E-state index in [0.29, 0.717) is 0 Å². The van der Waals surface area contributed by atoms with Crippen LogP contribution in [0.4, 0.5) is 0 Å². The van der Waals surface area contributed by atoms with E-state index in [2.05, 4.69) is 246 Å². The first-order chi connectivity index (χ1) is 33.2. The van der Waals surface area contributed by atoms with Crippen molar-refractivity contribution in [2.45, 2.75) is 38.5 Å². The van der Waals surface area contributed by atoms with Crippen molar-refractivity contribution in [1.29, 1.82) is 0 Å². The third kappa shape index (κ3) is 5.67. The number of fused-ring (bicyclic) bond motifs is 14. The van der Waals surface area contributed by atoms with Crippen LogP contribution in [0.3, 0.4) is 0 Å². The fourth-order valence-electron chi connectivity index (χ4n) is 12.4. The summed E-state index contributed by atoms with van der Waals surface area (Å²) in [6.45, 7) is 9.55.